The Kier molecular flexibility index (Phi) is 5.73. The van der Waals surface area contributed by atoms with Crippen molar-refractivity contribution in [2.24, 2.45) is 11.3 Å². The van der Waals surface area contributed by atoms with Crippen LogP contribution in [0.3, 0.4) is 0 Å². The van der Waals surface area contributed by atoms with Gasteiger partial charge >= 0.3 is 5.97 Å². The molecule has 0 saturated carbocycles. The van der Waals surface area contributed by atoms with E-state index in [0.29, 0.717) is 13.0 Å². The van der Waals surface area contributed by atoms with Gasteiger partial charge in [-0.3, -0.25) is 9.59 Å². The van der Waals surface area contributed by atoms with Crippen LogP contribution in [0.1, 0.15) is 30.9 Å². The van der Waals surface area contributed by atoms with Gasteiger partial charge in [-0.1, -0.05) is 62.4 Å². The molecule has 2 aromatic rings. The zero-order valence-electron chi connectivity index (χ0n) is 16.6. The second kappa shape index (κ2) is 8.05. The van der Waals surface area contributed by atoms with E-state index in [2.05, 4.69) is 0 Å². The van der Waals surface area contributed by atoms with Crippen molar-refractivity contribution in [3.8, 4) is 5.75 Å². The lowest BCUT2D eigenvalue weighted by Crippen LogP contribution is -2.41. The summed E-state index contributed by atoms with van der Waals surface area (Å²) in [5.74, 6) is -0.900. The van der Waals surface area contributed by atoms with Crippen molar-refractivity contribution in [2.75, 3.05) is 20.2 Å². The van der Waals surface area contributed by atoms with E-state index < -0.39 is 17.3 Å². The predicted octanol–water partition coefficient (Wildman–Crippen LogP) is 3.59. The third kappa shape index (κ3) is 4.03. The molecule has 2 atom stereocenters. The maximum atomic E-state index is 13.3. The number of rotatable bonds is 6. The molecule has 1 aliphatic rings. The number of carbonyl (C=O) groups excluding carboxylic acids is 1. The summed E-state index contributed by atoms with van der Waals surface area (Å²) in [5, 5.41) is 9.70. The number of para-hydroxylation sites is 1. The summed E-state index contributed by atoms with van der Waals surface area (Å²) in [5.41, 5.74) is 1.27. The second-order valence-electron chi connectivity index (χ2n) is 8.04. The molecule has 1 heterocycles. The quantitative estimate of drug-likeness (QED) is 0.830. The first kappa shape index (κ1) is 19.9. The number of likely N-dealkylation sites (tertiary alicyclic amines) is 1. The van der Waals surface area contributed by atoms with E-state index in [4.69, 9.17) is 4.74 Å². The van der Waals surface area contributed by atoms with Crippen LogP contribution in [0.25, 0.3) is 0 Å². The van der Waals surface area contributed by atoms with Crippen molar-refractivity contribution < 1.29 is 19.4 Å². The van der Waals surface area contributed by atoms with Crippen molar-refractivity contribution in [2.45, 2.75) is 26.2 Å². The van der Waals surface area contributed by atoms with Gasteiger partial charge in [0.25, 0.3) is 0 Å². The second-order valence-corrected chi connectivity index (χ2v) is 8.04. The molecule has 1 saturated heterocycles. The molecule has 1 aliphatic heterocycles. The van der Waals surface area contributed by atoms with Crippen LogP contribution in [0.15, 0.2) is 54.6 Å². The molecule has 5 nitrogen and oxygen atoms in total. The number of carboxylic acid groups (broad SMARTS) is 1. The number of benzene rings is 2. The number of carboxylic acids is 1. The molecular weight excluding hydrogens is 354 g/mol. The Morgan fingerprint density at radius 2 is 1.71 bits per heavy atom. The van der Waals surface area contributed by atoms with Gasteiger partial charge in [-0.15, -0.1) is 0 Å². The largest absolute Gasteiger partial charge is 0.496 e. The lowest BCUT2D eigenvalue weighted by Gasteiger charge is -2.30. The summed E-state index contributed by atoms with van der Waals surface area (Å²) in [6.45, 7) is 4.49. The van der Waals surface area contributed by atoms with Crippen molar-refractivity contribution in [3.63, 3.8) is 0 Å². The fourth-order valence-electron chi connectivity index (χ4n) is 4.09. The summed E-state index contributed by atoms with van der Waals surface area (Å²) < 4.78 is 5.42. The van der Waals surface area contributed by atoms with Crippen molar-refractivity contribution >= 4 is 11.9 Å². The number of hydrogen-bond acceptors (Lipinski definition) is 3. The van der Waals surface area contributed by atoms with Gasteiger partial charge in [0.15, 0.2) is 0 Å². The number of amides is 1. The molecule has 1 amide bonds. The van der Waals surface area contributed by atoms with E-state index in [9.17, 15) is 14.7 Å². The molecule has 1 fully saturated rings. The van der Waals surface area contributed by atoms with Gasteiger partial charge in [0.2, 0.25) is 5.91 Å². The molecule has 2 unspecified atom stereocenters. The Hall–Kier alpha value is -2.82. The van der Waals surface area contributed by atoms with E-state index in [0.717, 1.165) is 16.9 Å². The highest BCUT2D eigenvalue weighted by atomic mass is 16.5. The first-order valence-corrected chi connectivity index (χ1v) is 9.52. The van der Waals surface area contributed by atoms with E-state index in [1.807, 2.05) is 68.4 Å². The standard InChI is InChI=1S/C23H27NO4/c1-23(2,13-17-11-7-8-12-20(17)28-3)22(27)24-14-18(19(15-24)21(25)26)16-9-5-4-6-10-16/h4-12,18-19H,13-15H2,1-3H3,(H,25,26). The highest BCUT2D eigenvalue weighted by Crippen LogP contribution is 2.37. The molecule has 2 aromatic carbocycles. The minimum Gasteiger partial charge on any atom is -0.496 e. The Labute approximate surface area is 165 Å². The lowest BCUT2D eigenvalue weighted by atomic mass is 9.84. The molecule has 3 rings (SSSR count). The molecule has 0 aromatic heterocycles. The number of carbonyl (C=O) groups is 2. The van der Waals surface area contributed by atoms with E-state index in [1.165, 1.54) is 0 Å². The summed E-state index contributed by atoms with van der Waals surface area (Å²) >= 11 is 0. The van der Waals surface area contributed by atoms with E-state index in [-0.39, 0.29) is 18.4 Å². The first-order chi connectivity index (χ1) is 13.3. The zero-order valence-corrected chi connectivity index (χ0v) is 16.6. The van der Waals surface area contributed by atoms with Crippen LogP contribution in [0.5, 0.6) is 5.75 Å². The Morgan fingerprint density at radius 3 is 2.36 bits per heavy atom. The molecular formula is C23H27NO4. The van der Waals surface area contributed by atoms with Gasteiger partial charge in [-0.2, -0.15) is 0 Å². The average molecular weight is 381 g/mol. The van der Waals surface area contributed by atoms with Crippen LogP contribution >= 0.6 is 0 Å². The topological polar surface area (TPSA) is 66.8 Å². The predicted molar refractivity (Wildman–Crippen MR) is 107 cm³/mol. The zero-order chi connectivity index (χ0) is 20.3. The normalized spacial score (nSPS) is 19.5. The third-order valence-electron chi connectivity index (χ3n) is 5.56. The molecule has 148 valence electrons. The fraction of sp³-hybridized carbons (Fsp3) is 0.391. The van der Waals surface area contributed by atoms with Crippen LogP contribution in [0.2, 0.25) is 0 Å². The monoisotopic (exact) mass is 381 g/mol. The number of hydrogen-bond donors (Lipinski definition) is 1. The number of aliphatic carboxylic acids is 1. The van der Waals surface area contributed by atoms with Gasteiger partial charge in [0.1, 0.15) is 5.75 Å². The highest BCUT2D eigenvalue weighted by molar-refractivity contribution is 5.84. The first-order valence-electron chi connectivity index (χ1n) is 9.52. The van der Waals surface area contributed by atoms with Crippen molar-refractivity contribution in [3.05, 3.63) is 65.7 Å². The van der Waals surface area contributed by atoms with Crippen molar-refractivity contribution in [1.82, 2.24) is 4.90 Å². The molecule has 28 heavy (non-hydrogen) atoms. The minimum atomic E-state index is -0.855. The summed E-state index contributed by atoms with van der Waals surface area (Å²) in [6, 6.07) is 17.3. The van der Waals surface area contributed by atoms with Gasteiger partial charge in [-0.25, -0.2) is 0 Å². The van der Waals surface area contributed by atoms with Crippen LogP contribution in [-0.2, 0) is 16.0 Å². The Morgan fingerprint density at radius 1 is 1.07 bits per heavy atom. The molecule has 0 bridgehead atoms. The molecule has 1 N–H and O–H groups in total. The minimum absolute atomic E-state index is 0.0249. The Balaban J connectivity index is 1.80. The van der Waals surface area contributed by atoms with Gasteiger partial charge in [0, 0.05) is 24.4 Å². The lowest BCUT2D eigenvalue weighted by molar-refractivity contribution is -0.142. The molecule has 0 spiro atoms. The van der Waals surface area contributed by atoms with Crippen LogP contribution < -0.4 is 4.74 Å². The highest BCUT2D eigenvalue weighted by Gasteiger charge is 2.44. The number of nitrogens with zero attached hydrogens (tertiary/aromatic N) is 1. The maximum Gasteiger partial charge on any atom is 0.308 e. The third-order valence-corrected chi connectivity index (χ3v) is 5.56. The van der Waals surface area contributed by atoms with Crippen LogP contribution in [-0.4, -0.2) is 42.1 Å². The van der Waals surface area contributed by atoms with Gasteiger partial charge in [-0.05, 0) is 23.6 Å². The van der Waals surface area contributed by atoms with Crippen molar-refractivity contribution in [1.29, 1.82) is 0 Å². The number of methoxy groups -OCH3 is 1. The fourth-order valence-corrected chi connectivity index (χ4v) is 4.09. The average Bonchev–Trinajstić information content (AvgIpc) is 3.14. The van der Waals surface area contributed by atoms with Crippen LogP contribution in [0, 0.1) is 11.3 Å². The van der Waals surface area contributed by atoms with Gasteiger partial charge in [0.05, 0.1) is 13.0 Å². The number of ether oxygens (including phenoxy) is 1. The molecule has 0 aliphatic carbocycles. The summed E-state index contributed by atoms with van der Waals surface area (Å²) in [6.07, 6.45) is 0.528. The Bertz CT molecular complexity index is 847. The molecule has 5 heteroatoms. The summed E-state index contributed by atoms with van der Waals surface area (Å²) in [7, 11) is 1.62. The maximum absolute atomic E-state index is 13.3. The molecule has 0 radical (unpaired) electrons. The van der Waals surface area contributed by atoms with Gasteiger partial charge < -0.3 is 14.7 Å². The smallest absolute Gasteiger partial charge is 0.308 e. The van der Waals surface area contributed by atoms with Crippen LogP contribution in [0.4, 0.5) is 0 Å². The van der Waals surface area contributed by atoms with E-state index in [1.54, 1.807) is 12.0 Å². The SMILES string of the molecule is COc1ccccc1CC(C)(C)C(=O)N1CC(C(=O)O)C(c2ccccc2)C1. The summed E-state index contributed by atoms with van der Waals surface area (Å²) in [4.78, 5) is 26.8. The van der Waals surface area contributed by atoms with E-state index >= 15 is 0 Å².